The van der Waals surface area contributed by atoms with Crippen molar-refractivity contribution >= 4 is 11.9 Å². The second kappa shape index (κ2) is 10.5. The van der Waals surface area contributed by atoms with Gasteiger partial charge in [0.15, 0.2) is 0 Å². The molecule has 2 fully saturated rings. The van der Waals surface area contributed by atoms with Crippen LogP contribution in [0.4, 0.5) is 0 Å². The Kier molecular flexibility index (Phi) is 7.49. The number of carbonyl (C=O) groups excluding carboxylic acids is 2. The van der Waals surface area contributed by atoms with Crippen molar-refractivity contribution in [2.75, 3.05) is 26.7 Å². The standard InChI is InChI=1S/C28H34N2O4/c1-4-14-30-15-13-28(22-11-8-12-24(16-22)34-20(2)31)18-23(17-26(33-3)25(28)19-30)29-27(32)21-9-6-5-7-10-21/h4-12,16,23,25-26H,1,13-15,17-19H2,2-3H3,(H,29,32)/t23-,25?,26?,28?/m0/s1. The highest BCUT2D eigenvalue weighted by atomic mass is 16.5. The van der Waals surface area contributed by atoms with E-state index in [9.17, 15) is 9.59 Å². The van der Waals surface area contributed by atoms with Gasteiger partial charge in [-0.2, -0.15) is 0 Å². The number of carbonyl (C=O) groups is 2. The molecule has 0 radical (unpaired) electrons. The van der Waals surface area contributed by atoms with Gasteiger partial charge in [0.1, 0.15) is 5.75 Å². The molecule has 6 heteroatoms. The summed E-state index contributed by atoms with van der Waals surface area (Å²) in [7, 11) is 1.76. The van der Waals surface area contributed by atoms with Crippen LogP contribution in [0.25, 0.3) is 0 Å². The van der Waals surface area contributed by atoms with Gasteiger partial charge in [-0.05, 0) is 55.6 Å². The Morgan fingerprint density at radius 3 is 2.71 bits per heavy atom. The number of methoxy groups -OCH3 is 1. The lowest BCUT2D eigenvalue weighted by molar-refractivity contribution is -0.131. The molecule has 4 rings (SSSR count). The molecule has 1 aliphatic carbocycles. The predicted octanol–water partition coefficient (Wildman–Crippen LogP) is 3.97. The van der Waals surface area contributed by atoms with E-state index in [0.717, 1.165) is 44.5 Å². The minimum absolute atomic E-state index is 0.0141. The van der Waals surface area contributed by atoms with E-state index in [1.807, 2.05) is 54.6 Å². The summed E-state index contributed by atoms with van der Waals surface area (Å²) >= 11 is 0. The van der Waals surface area contributed by atoms with Crippen molar-refractivity contribution in [1.82, 2.24) is 10.2 Å². The Labute approximate surface area is 201 Å². The summed E-state index contributed by atoms with van der Waals surface area (Å²) in [6.45, 7) is 7.99. The fraction of sp³-hybridized carbons (Fsp3) is 0.429. The van der Waals surface area contributed by atoms with Gasteiger partial charge >= 0.3 is 5.97 Å². The predicted molar refractivity (Wildman–Crippen MR) is 132 cm³/mol. The SMILES string of the molecule is C=CCN1CCC2(c3cccc(OC(C)=O)c3)C[C@@H](NC(=O)c3ccccc3)CC(OC)C2C1. The molecule has 4 atom stereocenters. The molecule has 3 unspecified atom stereocenters. The lowest BCUT2D eigenvalue weighted by Crippen LogP contribution is -2.61. The normalized spacial score (nSPS) is 26.8. The molecule has 1 amide bonds. The molecule has 1 saturated carbocycles. The van der Waals surface area contributed by atoms with Gasteiger partial charge in [-0.1, -0.05) is 36.4 Å². The first-order valence-corrected chi connectivity index (χ1v) is 12.0. The fourth-order valence-corrected chi connectivity index (χ4v) is 5.87. The number of hydrogen-bond acceptors (Lipinski definition) is 5. The summed E-state index contributed by atoms with van der Waals surface area (Å²) < 4.78 is 11.5. The van der Waals surface area contributed by atoms with Gasteiger partial charge < -0.3 is 14.8 Å². The molecule has 34 heavy (non-hydrogen) atoms. The highest BCUT2D eigenvalue weighted by Gasteiger charge is 2.52. The van der Waals surface area contributed by atoms with E-state index < -0.39 is 0 Å². The first-order valence-electron chi connectivity index (χ1n) is 12.0. The lowest BCUT2D eigenvalue weighted by atomic mass is 9.57. The van der Waals surface area contributed by atoms with Crippen LogP contribution in [0.3, 0.4) is 0 Å². The molecule has 0 aromatic heterocycles. The van der Waals surface area contributed by atoms with Crippen LogP contribution in [0.2, 0.25) is 0 Å². The molecule has 1 saturated heterocycles. The molecule has 1 N–H and O–H groups in total. The zero-order valence-electron chi connectivity index (χ0n) is 20.0. The summed E-state index contributed by atoms with van der Waals surface area (Å²) in [5, 5.41) is 3.28. The van der Waals surface area contributed by atoms with Gasteiger partial charge in [-0.25, -0.2) is 0 Å². The maximum Gasteiger partial charge on any atom is 0.308 e. The first kappa shape index (κ1) is 24.2. The van der Waals surface area contributed by atoms with E-state index in [0.29, 0.717) is 11.3 Å². The molecule has 2 aromatic rings. The van der Waals surface area contributed by atoms with E-state index in [1.165, 1.54) is 6.92 Å². The maximum atomic E-state index is 13.0. The topological polar surface area (TPSA) is 67.9 Å². The van der Waals surface area contributed by atoms with Gasteiger partial charge in [0.05, 0.1) is 6.10 Å². The number of likely N-dealkylation sites (tertiary alicyclic amines) is 1. The Balaban J connectivity index is 1.68. The quantitative estimate of drug-likeness (QED) is 0.383. The number of benzene rings is 2. The zero-order chi connectivity index (χ0) is 24.1. The maximum absolute atomic E-state index is 13.0. The van der Waals surface area contributed by atoms with Gasteiger partial charge in [0.2, 0.25) is 0 Å². The van der Waals surface area contributed by atoms with Crippen molar-refractivity contribution in [3.05, 3.63) is 78.4 Å². The monoisotopic (exact) mass is 462 g/mol. The number of piperidine rings is 1. The van der Waals surface area contributed by atoms with E-state index in [2.05, 4.69) is 22.9 Å². The van der Waals surface area contributed by atoms with Gasteiger partial charge in [0.25, 0.3) is 5.91 Å². The van der Waals surface area contributed by atoms with Crippen molar-refractivity contribution in [3.8, 4) is 5.75 Å². The highest BCUT2D eigenvalue weighted by molar-refractivity contribution is 5.94. The summed E-state index contributed by atoms with van der Waals surface area (Å²) in [6.07, 6.45) is 4.42. The number of nitrogens with one attached hydrogen (secondary N) is 1. The van der Waals surface area contributed by atoms with Crippen molar-refractivity contribution in [1.29, 1.82) is 0 Å². The average Bonchev–Trinajstić information content (AvgIpc) is 2.84. The third-order valence-corrected chi connectivity index (χ3v) is 7.35. The van der Waals surface area contributed by atoms with Gasteiger partial charge in [-0.3, -0.25) is 14.5 Å². The minimum Gasteiger partial charge on any atom is -0.427 e. The van der Waals surface area contributed by atoms with E-state index in [4.69, 9.17) is 9.47 Å². The van der Waals surface area contributed by atoms with E-state index in [1.54, 1.807) is 7.11 Å². The summed E-state index contributed by atoms with van der Waals surface area (Å²) in [6, 6.07) is 17.2. The smallest absolute Gasteiger partial charge is 0.308 e. The highest BCUT2D eigenvalue weighted by Crippen LogP contribution is 2.50. The van der Waals surface area contributed by atoms with Crippen LogP contribution in [0.5, 0.6) is 5.75 Å². The van der Waals surface area contributed by atoms with E-state index in [-0.39, 0.29) is 35.4 Å². The van der Waals surface area contributed by atoms with Crippen molar-refractivity contribution in [3.63, 3.8) is 0 Å². The third kappa shape index (κ3) is 5.08. The number of nitrogens with zero attached hydrogens (tertiary/aromatic N) is 1. The summed E-state index contributed by atoms with van der Waals surface area (Å²) in [4.78, 5) is 27.0. The van der Waals surface area contributed by atoms with Crippen molar-refractivity contribution in [2.24, 2.45) is 5.92 Å². The van der Waals surface area contributed by atoms with Gasteiger partial charge in [-0.15, -0.1) is 6.58 Å². The molecular formula is C28H34N2O4. The molecular weight excluding hydrogens is 428 g/mol. The summed E-state index contributed by atoms with van der Waals surface area (Å²) in [5.74, 6) is 0.393. The summed E-state index contributed by atoms with van der Waals surface area (Å²) in [5.41, 5.74) is 1.59. The van der Waals surface area contributed by atoms with Crippen LogP contribution in [-0.4, -0.2) is 55.7 Å². The van der Waals surface area contributed by atoms with Crippen LogP contribution in [-0.2, 0) is 14.9 Å². The Morgan fingerprint density at radius 1 is 1.21 bits per heavy atom. The molecule has 1 aliphatic heterocycles. The number of esters is 1. The number of rotatable bonds is 7. The second-order valence-electron chi connectivity index (χ2n) is 9.43. The van der Waals surface area contributed by atoms with Crippen molar-refractivity contribution in [2.45, 2.75) is 43.7 Å². The fourth-order valence-electron chi connectivity index (χ4n) is 5.87. The molecule has 2 aromatic carbocycles. The minimum atomic E-state index is -0.335. The number of ether oxygens (including phenoxy) is 2. The average molecular weight is 463 g/mol. The van der Waals surface area contributed by atoms with Crippen LogP contribution >= 0.6 is 0 Å². The van der Waals surface area contributed by atoms with Crippen LogP contribution in [0.1, 0.15) is 42.1 Å². The lowest BCUT2D eigenvalue weighted by Gasteiger charge is -2.55. The molecule has 180 valence electrons. The molecule has 0 bridgehead atoms. The Morgan fingerprint density at radius 2 is 2.00 bits per heavy atom. The number of fused-ring (bicyclic) bond motifs is 1. The molecule has 1 heterocycles. The third-order valence-electron chi connectivity index (χ3n) is 7.35. The Bertz CT molecular complexity index is 1020. The van der Waals surface area contributed by atoms with Crippen LogP contribution in [0, 0.1) is 5.92 Å². The van der Waals surface area contributed by atoms with Crippen LogP contribution < -0.4 is 10.1 Å². The molecule has 2 aliphatic rings. The van der Waals surface area contributed by atoms with Crippen LogP contribution in [0.15, 0.2) is 67.3 Å². The molecule has 6 nitrogen and oxygen atoms in total. The number of hydrogen-bond donors (Lipinski definition) is 1. The number of amides is 1. The van der Waals surface area contributed by atoms with E-state index >= 15 is 0 Å². The second-order valence-corrected chi connectivity index (χ2v) is 9.43. The van der Waals surface area contributed by atoms with Crippen molar-refractivity contribution < 1.29 is 19.1 Å². The largest absolute Gasteiger partial charge is 0.427 e. The van der Waals surface area contributed by atoms with Gasteiger partial charge in [0, 0.05) is 50.1 Å². The molecule has 0 spiro atoms. The zero-order valence-corrected chi connectivity index (χ0v) is 20.0. The first-order chi connectivity index (χ1) is 16.4. The Hall–Kier alpha value is -2.96.